The van der Waals surface area contributed by atoms with Crippen LogP contribution in [0.25, 0.3) is 0 Å². The average molecular weight is 249 g/mol. The summed E-state index contributed by atoms with van der Waals surface area (Å²) in [5.74, 6) is 0. The standard InChI is InChI=1S/C14H23N3O/c1-14(2)11-16-13(5-7-18)10-17(14)9-12-4-3-6-15-8-12/h3-4,6,8,13,16,18H,5,7,9-11H2,1-2H3. The molecule has 1 aliphatic rings. The van der Waals surface area contributed by atoms with E-state index in [1.54, 1.807) is 6.20 Å². The van der Waals surface area contributed by atoms with Crippen molar-refractivity contribution < 1.29 is 5.11 Å². The minimum atomic E-state index is 0.141. The summed E-state index contributed by atoms with van der Waals surface area (Å²) in [7, 11) is 0. The molecule has 1 aromatic rings. The Morgan fingerprint density at radius 3 is 3.06 bits per heavy atom. The number of nitrogens with one attached hydrogen (secondary N) is 1. The van der Waals surface area contributed by atoms with Crippen molar-refractivity contribution >= 4 is 0 Å². The number of piperazine rings is 1. The lowest BCUT2D eigenvalue weighted by molar-refractivity contribution is 0.0519. The maximum Gasteiger partial charge on any atom is 0.0446 e. The van der Waals surface area contributed by atoms with Crippen molar-refractivity contribution in [3.05, 3.63) is 30.1 Å². The van der Waals surface area contributed by atoms with E-state index < -0.39 is 0 Å². The van der Waals surface area contributed by atoms with Crippen LogP contribution in [0.3, 0.4) is 0 Å². The van der Waals surface area contributed by atoms with Crippen LogP contribution in [-0.4, -0.2) is 46.3 Å². The molecule has 1 fully saturated rings. The molecule has 0 spiro atoms. The highest BCUT2D eigenvalue weighted by Crippen LogP contribution is 2.21. The average Bonchev–Trinajstić information content (AvgIpc) is 2.35. The van der Waals surface area contributed by atoms with Gasteiger partial charge in [-0.3, -0.25) is 9.88 Å². The predicted molar refractivity (Wildman–Crippen MR) is 72.2 cm³/mol. The van der Waals surface area contributed by atoms with Crippen molar-refractivity contribution in [2.75, 3.05) is 19.7 Å². The van der Waals surface area contributed by atoms with E-state index >= 15 is 0 Å². The van der Waals surface area contributed by atoms with E-state index in [9.17, 15) is 0 Å². The first-order chi connectivity index (χ1) is 8.62. The highest BCUT2D eigenvalue weighted by molar-refractivity contribution is 5.09. The number of aromatic nitrogens is 1. The van der Waals surface area contributed by atoms with E-state index in [4.69, 9.17) is 5.11 Å². The first-order valence-corrected chi connectivity index (χ1v) is 6.60. The van der Waals surface area contributed by atoms with Crippen LogP contribution < -0.4 is 5.32 Å². The van der Waals surface area contributed by atoms with Crippen LogP contribution in [-0.2, 0) is 6.54 Å². The van der Waals surface area contributed by atoms with Crippen LogP contribution in [0.4, 0.5) is 0 Å². The zero-order valence-electron chi connectivity index (χ0n) is 11.3. The molecular formula is C14H23N3O. The molecule has 2 N–H and O–H groups in total. The van der Waals surface area contributed by atoms with Gasteiger partial charge < -0.3 is 10.4 Å². The Morgan fingerprint density at radius 1 is 1.56 bits per heavy atom. The lowest BCUT2D eigenvalue weighted by Crippen LogP contribution is -2.61. The Hall–Kier alpha value is -0.970. The van der Waals surface area contributed by atoms with E-state index in [0.29, 0.717) is 6.04 Å². The minimum absolute atomic E-state index is 0.141. The molecule has 18 heavy (non-hydrogen) atoms. The molecule has 0 amide bonds. The predicted octanol–water partition coefficient (Wildman–Crippen LogP) is 1.02. The van der Waals surface area contributed by atoms with Crippen LogP contribution in [0.1, 0.15) is 25.8 Å². The summed E-state index contributed by atoms with van der Waals surface area (Å²) in [6, 6.07) is 4.49. The van der Waals surface area contributed by atoms with Gasteiger partial charge in [-0.15, -0.1) is 0 Å². The largest absolute Gasteiger partial charge is 0.396 e. The minimum Gasteiger partial charge on any atom is -0.396 e. The third kappa shape index (κ3) is 3.28. The van der Waals surface area contributed by atoms with Crippen molar-refractivity contribution in [1.82, 2.24) is 15.2 Å². The second kappa shape index (κ2) is 5.78. The number of aliphatic hydroxyl groups excluding tert-OH is 1. The Morgan fingerprint density at radius 2 is 2.39 bits per heavy atom. The van der Waals surface area contributed by atoms with Crippen LogP contribution in [0.2, 0.25) is 0 Å². The van der Waals surface area contributed by atoms with E-state index in [1.807, 2.05) is 12.3 Å². The third-order valence-electron chi connectivity index (χ3n) is 3.69. The molecule has 0 aliphatic carbocycles. The van der Waals surface area contributed by atoms with Crippen molar-refractivity contribution in [3.63, 3.8) is 0 Å². The SMILES string of the molecule is CC1(C)CNC(CCO)CN1Cc1cccnc1. The number of hydrogen-bond acceptors (Lipinski definition) is 4. The normalized spacial score (nSPS) is 24.1. The van der Waals surface area contributed by atoms with Gasteiger partial charge >= 0.3 is 0 Å². The molecule has 2 rings (SSSR count). The fraction of sp³-hybridized carbons (Fsp3) is 0.643. The van der Waals surface area contributed by atoms with Crippen LogP contribution in [0.15, 0.2) is 24.5 Å². The lowest BCUT2D eigenvalue weighted by Gasteiger charge is -2.46. The van der Waals surface area contributed by atoms with Gasteiger partial charge in [-0.1, -0.05) is 6.07 Å². The summed E-state index contributed by atoms with van der Waals surface area (Å²) in [6.45, 7) is 7.61. The Bertz CT molecular complexity index is 367. The Labute approximate surface area is 109 Å². The summed E-state index contributed by atoms with van der Waals surface area (Å²) in [4.78, 5) is 6.64. The second-order valence-electron chi connectivity index (χ2n) is 5.64. The molecule has 0 bridgehead atoms. The van der Waals surface area contributed by atoms with Gasteiger partial charge in [0.15, 0.2) is 0 Å². The molecule has 4 heteroatoms. The fourth-order valence-electron chi connectivity index (χ4n) is 2.42. The third-order valence-corrected chi connectivity index (χ3v) is 3.69. The molecule has 1 atom stereocenters. The van der Waals surface area contributed by atoms with Gasteiger partial charge in [0.2, 0.25) is 0 Å². The number of hydrogen-bond donors (Lipinski definition) is 2. The van der Waals surface area contributed by atoms with E-state index in [2.05, 4.69) is 35.1 Å². The molecule has 0 aromatic carbocycles. The molecule has 1 aliphatic heterocycles. The zero-order chi connectivity index (χ0) is 13.0. The van der Waals surface area contributed by atoms with E-state index in [1.165, 1.54) is 5.56 Å². The van der Waals surface area contributed by atoms with Crippen molar-refractivity contribution in [2.45, 2.75) is 38.4 Å². The molecule has 4 nitrogen and oxygen atoms in total. The maximum absolute atomic E-state index is 9.06. The fourth-order valence-corrected chi connectivity index (χ4v) is 2.42. The lowest BCUT2D eigenvalue weighted by atomic mass is 9.95. The molecule has 1 aromatic heterocycles. The highest BCUT2D eigenvalue weighted by Gasteiger charge is 2.33. The Balaban J connectivity index is 2.03. The molecule has 0 radical (unpaired) electrons. The number of pyridine rings is 1. The summed E-state index contributed by atoms with van der Waals surface area (Å²) < 4.78 is 0. The van der Waals surface area contributed by atoms with Crippen molar-refractivity contribution in [1.29, 1.82) is 0 Å². The van der Waals surface area contributed by atoms with Gasteiger partial charge in [0.05, 0.1) is 0 Å². The van der Waals surface area contributed by atoms with Crippen molar-refractivity contribution in [3.8, 4) is 0 Å². The molecule has 1 saturated heterocycles. The van der Waals surface area contributed by atoms with E-state index in [0.717, 1.165) is 26.1 Å². The number of aliphatic hydroxyl groups is 1. The summed E-state index contributed by atoms with van der Waals surface area (Å²) in [6.07, 6.45) is 4.56. The second-order valence-corrected chi connectivity index (χ2v) is 5.64. The summed E-state index contributed by atoms with van der Waals surface area (Å²) in [5, 5.41) is 12.6. The first-order valence-electron chi connectivity index (χ1n) is 6.60. The summed E-state index contributed by atoms with van der Waals surface area (Å²) in [5.41, 5.74) is 1.39. The molecule has 0 saturated carbocycles. The highest BCUT2D eigenvalue weighted by atomic mass is 16.3. The zero-order valence-corrected chi connectivity index (χ0v) is 11.3. The van der Waals surface area contributed by atoms with Gasteiger partial charge in [-0.2, -0.15) is 0 Å². The maximum atomic E-state index is 9.06. The van der Waals surface area contributed by atoms with Gasteiger partial charge in [0.25, 0.3) is 0 Å². The van der Waals surface area contributed by atoms with Gasteiger partial charge in [-0.25, -0.2) is 0 Å². The Kier molecular flexibility index (Phi) is 4.32. The number of rotatable bonds is 4. The van der Waals surface area contributed by atoms with E-state index in [-0.39, 0.29) is 12.1 Å². The monoisotopic (exact) mass is 249 g/mol. The first kappa shape index (κ1) is 13.5. The smallest absolute Gasteiger partial charge is 0.0446 e. The molecule has 100 valence electrons. The van der Waals surface area contributed by atoms with Gasteiger partial charge in [0, 0.05) is 50.2 Å². The van der Waals surface area contributed by atoms with Crippen LogP contribution in [0.5, 0.6) is 0 Å². The summed E-state index contributed by atoms with van der Waals surface area (Å²) >= 11 is 0. The number of nitrogens with zero attached hydrogens (tertiary/aromatic N) is 2. The van der Waals surface area contributed by atoms with Gasteiger partial charge in [-0.05, 0) is 31.9 Å². The van der Waals surface area contributed by atoms with Crippen molar-refractivity contribution in [2.24, 2.45) is 0 Å². The van der Waals surface area contributed by atoms with Crippen LogP contribution >= 0.6 is 0 Å². The quantitative estimate of drug-likeness (QED) is 0.836. The van der Waals surface area contributed by atoms with Gasteiger partial charge in [0.1, 0.15) is 0 Å². The topological polar surface area (TPSA) is 48.4 Å². The van der Waals surface area contributed by atoms with Crippen LogP contribution in [0, 0.1) is 0 Å². The molecular weight excluding hydrogens is 226 g/mol. The molecule has 2 heterocycles. The molecule has 1 unspecified atom stereocenters.